The number of aliphatic hydroxyl groups excluding tert-OH is 1. The Morgan fingerprint density at radius 1 is 1.24 bits per heavy atom. The lowest BCUT2D eigenvalue weighted by molar-refractivity contribution is 0.477. The highest BCUT2D eigenvalue weighted by Crippen LogP contribution is 2.29. The van der Waals surface area contributed by atoms with Crippen LogP contribution in [0.25, 0.3) is 16.7 Å². The van der Waals surface area contributed by atoms with E-state index >= 15 is 0 Å². The molecule has 1 heterocycles. The maximum absolute atomic E-state index is 9.92. The molecule has 2 aromatic rings. The Hall–Kier alpha value is -2.03. The van der Waals surface area contributed by atoms with Crippen LogP contribution in [0.15, 0.2) is 30.0 Å². The van der Waals surface area contributed by atoms with Gasteiger partial charge < -0.3 is 10.2 Å². The summed E-state index contributed by atoms with van der Waals surface area (Å²) in [5.41, 5.74) is 3.01. The van der Waals surface area contributed by atoms with E-state index in [0.29, 0.717) is 11.1 Å². The van der Waals surface area contributed by atoms with Crippen LogP contribution >= 0.6 is 0 Å². The minimum absolute atomic E-state index is 0.0917. The Labute approximate surface area is 100 Å². The number of aliphatic hydroxyl groups is 1. The number of aromatic hydroxyl groups is 1. The van der Waals surface area contributed by atoms with Gasteiger partial charge in [0.25, 0.3) is 0 Å². The zero-order chi connectivity index (χ0) is 12.6. The Kier molecular flexibility index (Phi) is 2.76. The van der Waals surface area contributed by atoms with E-state index in [4.69, 9.17) is 0 Å². The van der Waals surface area contributed by atoms with Crippen LogP contribution in [0.2, 0.25) is 0 Å². The number of phenols is 1. The van der Waals surface area contributed by atoms with Crippen molar-refractivity contribution < 1.29 is 10.2 Å². The average molecular weight is 229 g/mol. The molecule has 3 heteroatoms. The van der Waals surface area contributed by atoms with Crippen molar-refractivity contribution in [3.63, 3.8) is 0 Å². The van der Waals surface area contributed by atoms with Crippen LogP contribution in [0.1, 0.15) is 25.0 Å². The maximum Gasteiger partial charge on any atom is 0.142 e. The SMILES string of the molecule is CC(C)=C(O)c1cc(O)c2nccc(C)c2c1. The normalized spacial score (nSPS) is 10.5. The predicted molar refractivity (Wildman–Crippen MR) is 69.0 cm³/mol. The van der Waals surface area contributed by atoms with E-state index in [1.54, 1.807) is 6.20 Å². The lowest BCUT2D eigenvalue weighted by atomic mass is 10.0. The first-order valence-corrected chi connectivity index (χ1v) is 5.46. The molecule has 0 spiro atoms. The summed E-state index contributed by atoms with van der Waals surface area (Å²) in [5, 5.41) is 20.7. The van der Waals surface area contributed by atoms with E-state index in [-0.39, 0.29) is 11.5 Å². The molecule has 0 amide bonds. The number of fused-ring (bicyclic) bond motifs is 1. The molecule has 0 atom stereocenters. The van der Waals surface area contributed by atoms with Crippen LogP contribution in [0.3, 0.4) is 0 Å². The van der Waals surface area contributed by atoms with Gasteiger partial charge in [-0.15, -0.1) is 0 Å². The number of allylic oxidation sites excluding steroid dienone is 1. The highest BCUT2D eigenvalue weighted by atomic mass is 16.3. The molecule has 88 valence electrons. The van der Waals surface area contributed by atoms with E-state index in [1.165, 1.54) is 6.07 Å². The summed E-state index contributed by atoms with van der Waals surface area (Å²) in [5.74, 6) is 0.291. The van der Waals surface area contributed by atoms with Crippen molar-refractivity contribution in [2.75, 3.05) is 0 Å². The van der Waals surface area contributed by atoms with E-state index in [0.717, 1.165) is 16.5 Å². The summed E-state index contributed by atoms with van der Waals surface area (Å²) in [6.07, 6.45) is 1.66. The molecule has 0 fully saturated rings. The molecule has 0 unspecified atom stereocenters. The number of hydrogen-bond acceptors (Lipinski definition) is 3. The third-order valence-corrected chi connectivity index (χ3v) is 2.79. The van der Waals surface area contributed by atoms with Gasteiger partial charge in [0.1, 0.15) is 17.0 Å². The van der Waals surface area contributed by atoms with E-state index in [1.807, 2.05) is 32.9 Å². The highest BCUT2D eigenvalue weighted by Gasteiger charge is 2.09. The lowest BCUT2D eigenvalue weighted by Gasteiger charge is -2.08. The molecule has 1 aromatic heterocycles. The van der Waals surface area contributed by atoms with Crippen LogP contribution in [0, 0.1) is 6.92 Å². The summed E-state index contributed by atoms with van der Waals surface area (Å²) in [7, 11) is 0. The summed E-state index contributed by atoms with van der Waals surface area (Å²) in [6.45, 7) is 5.60. The van der Waals surface area contributed by atoms with Crippen molar-refractivity contribution in [3.8, 4) is 5.75 Å². The molecule has 0 aliphatic rings. The highest BCUT2D eigenvalue weighted by molar-refractivity contribution is 5.90. The first-order valence-electron chi connectivity index (χ1n) is 5.46. The van der Waals surface area contributed by atoms with Gasteiger partial charge in [-0.3, -0.25) is 4.98 Å². The molecular formula is C14H15NO2. The first kappa shape index (κ1) is 11.5. The summed E-state index contributed by atoms with van der Waals surface area (Å²) in [4.78, 5) is 4.14. The standard InChI is InChI=1S/C14H15NO2/c1-8(2)14(17)10-6-11-9(3)4-5-15-13(11)12(16)7-10/h4-7,16-17H,1-3H3. The lowest BCUT2D eigenvalue weighted by Crippen LogP contribution is -1.90. The van der Waals surface area contributed by atoms with Crippen LogP contribution in [-0.2, 0) is 0 Å². The number of nitrogens with zero attached hydrogens (tertiary/aromatic N) is 1. The quantitative estimate of drug-likeness (QED) is 0.735. The fraction of sp³-hybridized carbons (Fsp3) is 0.214. The van der Waals surface area contributed by atoms with Gasteiger partial charge >= 0.3 is 0 Å². The number of hydrogen-bond donors (Lipinski definition) is 2. The molecule has 2 N–H and O–H groups in total. The number of rotatable bonds is 1. The topological polar surface area (TPSA) is 53.4 Å². The van der Waals surface area contributed by atoms with Crippen molar-refractivity contribution >= 4 is 16.7 Å². The molecule has 0 aliphatic carbocycles. The molecule has 1 aromatic carbocycles. The van der Waals surface area contributed by atoms with Gasteiger partial charge in [-0.25, -0.2) is 0 Å². The number of aromatic nitrogens is 1. The summed E-state index contributed by atoms with van der Waals surface area (Å²) in [6, 6.07) is 5.27. The molecule has 0 saturated carbocycles. The van der Waals surface area contributed by atoms with E-state index < -0.39 is 0 Å². The predicted octanol–water partition coefficient (Wildman–Crippen LogP) is 3.56. The second-order valence-corrected chi connectivity index (χ2v) is 4.37. The van der Waals surface area contributed by atoms with Crippen LogP contribution in [0.5, 0.6) is 5.75 Å². The fourth-order valence-corrected chi connectivity index (χ4v) is 1.79. The third kappa shape index (κ3) is 1.96. The van der Waals surface area contributed by atoms with E-state index in [9.17, 15) is 10.2 Å². The molecule has 0 radical (unpaired) electrons. The zero-order valence-corrected chi connectivity index (χ0v) is 10.2. The Balaban J connectivity index is 2.79. The number of pyridine rings is 1. The second-order valence-electron chi connectivity index (χ2n) is 4.37. The van der Waals surface area contributed by atoms with Gasteiger partial charge in [-0.1, -0.05) is 0 Å². The average Bonchev–Trinajstić information content (AvgIpc) is 2.29. The van der Waals surface area contributed by atoms with Crippen LogP contribution in [0.4, 0.5) is 0 Å². The maximum atomic E-state index is 9.92. The van der Waals surface area contributed by atoms with Gasteiger partial charge in [-0.2, -0.15) is 0 Å². The largest absolute Gasteiger partial charge is 0.507 e. The van der Waals surface area contributed by atoms with Gasteiger partial charge in [0.15, 0.2) is 0 Å². The summed E-state index contributed by atoms with van der Waals surface area (Å²) < 4.78 is 0. The number of phenolic OH excluding ortho intramolecular Hbond substituents is 1. The van der Waals surface area contributed by atoms with Gasteiger partial charge in [-0.05, 0) is 50.1 Å². The molecule has 17 heavy (non-hydrogen) atoms. The van der Waals surface area contributed by atoms with Gasteiger partial charge in [0, 0.05) is 17.1 Å². The molecule has 0 bridgehead atoms. The molecule has 2 rings (SSSR count). The molecule has 0 saturated heterocycles. The Bertz CT molecular complexity index is 611. The van der Waals surface area contributed by atoms with E-state index in [2.05, 4.69) is 4.98 Å². The molecule has 0 aliphatic heterocycles. The molecule has 3 nitrogen and oxygen atoms in total. The Morgan fingerprint density at radius 3 is 2.59 bits per heavy atom. The second kappa shape index (κ2) is 4.09. The minimum Gasteiger partial charge on any atom is -0.507 e. The monoisotopic (exact) mass is 229 g/mol. The first-order chi connectivity index (χ1) is 8.00. The Morgan fingerprint density at radius 2 is 1.94 bits per heavy atom. The van der Waals surface area contributed by atoms with Gasteiger partial charge in [0.05, 0.1) is 0 Å². The number of aryl methyl sites for hydroxylation is 1. The summed E-state index contributed by atoms with van der Waals surface area (Å²) >= 11 is 0. The zero-order valence-electron chi connectivity index (χ0n) is 10.2. The van der Waals surface area contributed by atoms with Crippen molar-refractivity contribution in [2.24, 2.45) is 0 Å². The third-order valence-electron chi connectivity index (χ3n) is 2.79. The van der Waals surface area contributed by atoms with Crippen molar-refractivity contribution in [1.82, 2.24) is 4.98 Å². The fourth-order valence-electron chi connectivity index (χ4n) is 1.79. The van der Waals surface area contributed by atoms with Gasteiger partial charge in [0.2, 0.25) is 0 Å². The number of benzene rings is 1. The minimum atomic E-state index is 0.0917. The van der Waals surface area contributed by atoms with Crippen molar-refractivity contribution in [1.29, 1.82) is 0 Å². The van der Waals surface area contributed by atoms with Crippen molar-refractivity contribution in [2.45, 2.75) is 20.8 Å². The van der Waals surface area contributed by atoms with Crippen LogP contribution in [-0.4, -0.2) is 15.2 Å². The smallest absolute Gasteiger partial charge is 0.142 e. The molecular weight excluding hydrogens is 214 g/mol. The van der Waals surface area contributed by atoms with Crippen molar-refractivity contribution in [3.05, 3.63) is 41.1 Å². The van der Waals surface area contributed by atoms with Crippen LogP contribution < -0.4 is 0 Å².